The first-order chi connectivity index (χ1) is 16.6. The van der Waals surface area contributed by atoms with Gasteiger partial charge in [0.15, 0.2) is 0 Å². The molecule has 0 aliphatic heterocycles. The van der Waals surface area contributed by atoms with Crippen LogP contribution in [0.4, 0.5) is 5.69 Å². The molecule has 0 aromatic heterocycles. The van der Waals surface area contributed by atoms with Crippen molar-refractivity contribution >= 4 is 44.4 Å². The minimum atomic E-state index is -0.500. The third-order valence-corrected chi connectivity index (χ3v) is 5.77. The van der Waals surface area contributed by atoms with Gasteiger partial charge in [-0.15, -0.1) is 0 Å². The highest BCUT2D eigenvalue weighted by Gasteiger charge is 2.14. The summed E-state index contributed by atoms with van der Waals surface area (Å²) in [5.41, 5.74) is 2.22. The molecule has 0 spiro atoms. The van der Waals surface area contributed by atoms with Crippen LogP contribution < -0.4 is 14.8 Å². The summed E-state index contributed by atoms with van der Waals surface area (Å²) in [5, 5.41) is 14.4. The van der Waals surface area contributed by atoms with Crippen LogP contribution in [-0.4, -0.2) is 13.0 Å². The molecule has 0 fully saturated rings. The number of benzene rings is 4. The van der Waals surface area contributed by atoms with Crippen LogP contribution in [0.2, 0.25) is 0 Å². The Labute approximate surface area is 206 Å². The molecule has 0 saturated heterocycles. The first kappa shape index (κ1) is 23.1. The molecular formula is C28H21BrN2O3. The van der Waals surface area contributed by atoms with E-state index in [-0.39, 0.29) is 5.57 Å². The highest BCUT2D eigenvalue weighted by Crippen LogP contribution is 2.31. The van der Waals surface area contributed by atoms with Crippen molar-refractivity contribution in [3.05, 3.63) is 106 Å². The summed E-state index contributed by atoms with van der Waals surface area (Å²) in [6, 6.07) is 28.4. The summed E-state index contributed by atoms with van der Waals surface area (Å²) in [6.45, 7) is 0.354. The Morgan fingerprint density at radius 2 is 1.74 bits per heavy atom. The summed E-state index contributed by atoms with van der Waals surface area (Å²) in [5.74, 6) is 0.767. The molecule has 4 rings (SSSR count). The predicted octanol–water partition coefficient (Wildman–Crippen LogP) is 6.74. The Kier molecular flexibility index (Phi) is 7.26. The fourth-order valence-electron chi connectivity index (χ4n) is 3.46. The van der Waals surface area contributed by atoms with Gasteiger partial charge in [-0.1, -0.05) is 58.4 Å². The minimum Gasteiger partial charge on any atom is -0.497 e. The van der Waals surface area contributed by atoms with Crippen LogP contribution in [0, 0.1) is 11.3 Å². The molecule has 5 nitrogen and oxygen atoms in total. The molecule has 0 saturated carbocycles. The molecule has 34 heavy (non-hydrogen) atoms. The molecule has 0 atom stereocenters. The van der Waals surface area contributed by atoms with Gasteiger partial charge >= 0.3 is 0 Å². The van der Waals surface area contributed by atoms with E-state index in [4.69, 9.17) is 9.47 Å². The van der Waals surface area contributed by atoms with Crippen molar-refractivity contribution in [3.8, 4) is 17.6 Å². The molecule has 0 bridgehead atoms. The van der Waals surface area contributed by atoms with Crippen molar-refractivity contribution in [2.24, 2.45) is 0 Å². The van der Waals surface area contributed by atoms with E-state index in [2.05, 4.69) is 21.2 Å². The van der Waals surface area contributed by atoms with Gasteiger partial charge in [0.05, 0.1) is 7.11 Å². The maximum atomic E-state index is 12.9. The van der Waals surface area contributed by atoms with E-state index in [0.717, 1.165) is 20.8 Å². The van der Waals surface area contributed by atoms with Gasteiger partial charge in [-0.25, -0.2) is 0 Å². The lowest BCUT2D eigenvalue weighted by molar-refractivity contribution is -0.112. The third-order valence-electron chi connectivity index (χ3n) is 5.24. The zero-order chi connectivity index (χ0) is 23.9. The standard InChI is InChI=1S/C28H21BrN2O3/c1-33-24-13-11-23(12-14-24)31-28(32)21(17-30)16-26-25-5-3-2-4-20(25)8-15-27(26)34-18-19-6-9-22(29)10-7-19/h2-16H,18H2,1H3,(H,31,32)/b21-16+. The summed E-state index contributed by atoms with van der Waals surface area (Å²) in [4.78, 5) is 12.9. The Hall–Kier alpha value is -4.08. The van der Waals surface area contributed by atoms with Gasteiger partial charge in [-0.3, -0.25) is 4.79 Å². The SMILES string of the molecule is COc1ccc(NC(=O)/C(C#N)=C/c2c(OCc3ccc(Br)cc3)ccc3ccccc23)cc1. The van der Waals surface area contributed by atoms with Crippen LogP contribution in [0.5, 0.6) is 11.5 Å². The van der Waals surface area contributed by atoms with E-state index < -0.39 is 5.91 Å². The average molecular weight is 513 g/mol. The van der Waals surface area contributed by atoms with Crippen molar-refractivity contribution in [1.82, 2.24) is 0 Å². The normalized spacial score (nSPS) is 11.0. The van der Waals surface area contributed by atoms with Crippen LogP contribution in [0.3, 0.4) is 0 Å². The first-order valence-electron chi connectivity index (χ1n) is 10.5. The van der Waals surface area contributed by atoms with Crippen molar-refractivity contribution in [3.63, 3.8) is 0 Å². The number of hydrogen-bond acceptors (Lipinski definition) is 4. The van der Waals surface area contributed by atoms with E-state index >= 15 is 0 Å². The highest BCUT2D eigenvalue weighted by molar-refractivity contribution is 9.10. The number of ether oxygens (including phenoxy) is 2. The highest BCUT2D eigenvalue weighted by atomic mass is 79.9. The number of carbonyl (C=O) groups is 1. The molecule has 1 amide bonds. The molecule has 168 valence electrons. The third kappa shape index (κ3) is 5.45. The number of rotatable bonds is 7. The molecule has 0 aliphatic carbocycles. The maximum absolute atomic E-state index is 12.9. The second kappa shape index (κ2) is 10.7. The van der Waals surface area contributed by atoms with Crippen molar-refractivity contribution in [2.75, 3.05) is 12.4 Å². The van der Waals surface area contributed by atoms with Gasteiger partial charge < -0.3 is 14.8 Å². The zero-order valence-electron chi connectivity index (χ0n) is 18.4. The fourth-order valence-corrected chi connectivity index (χ4v) is 3.72. The molecular weight excluding hydrogens is 492 g/mol. The minimum absolute atomic E-state index is 0.0272. The van der Waals surface area contributed by atoms with Crippen LogP contribution in [0.15, 0.2) is 95.0 Å². The lowest BCUT2D eigenvalue weighted by atomic mass is 10.0. The monoisotopic (exact) mass is 512 g/mol. The van der Waals surface area contributed by atoms with E-state index in [1.54, 1.807) is 37.5 Å². The number of nitriles is 1. The first-order valence-corrected chi connectivity index (χ1v) is 11.3. The number of amides is 1. The van der Waals surface area contributed by atoms with Crippen LogP contribution >= 0.6 is 15.9 Å². The molecule has 4 aromatic rings. The number of nitrogens with zero attached hydrogens (tertiary/aromatic N) is 1. The molecule has 0 heterocycles. The molecule has 6 heteroatoms. The van der Waals surface area contributed by atoms with E-state index in [1.807, 2.05) is 66.7 Å². The molecule has 0 radical (unpaired) electrons. The molecule has 0 aliphatic rings. The lowest BCUT2D eigenvalue weighted by Crippen LogP contribution is -2.13. The zero-order valence-corrected chi connectivity index (χ0v) is 20.0. The topological polar surface area (TPSA) is 71.3 Å². The van der Waals surface area contributed by atoms with Crippen LogP contribution in [0.25, 0.3) is 16.8 Å². The van der Waals surface area contributed by atoms with E-state index in [1.165, 1.54) is 0 Å². The number of nitrogens with one attached hydrogen (secondary N) is 1. The van der Waals surface area contributed by atoms with Crippen molar-refractivity contribution < 1.29 is 14.3 Å². The number of carbonyl (C=O) groups excluding carboxylic acids is 1. The maximum Gasteiger partial charge on any atom is 0.266 e. The van der Waals surface area contributed by atoms with Crippen molar-refractivity contribution in [2.45, 2.75) is 6.61 Å². The Morgan fingerprint density at radius 3 is 2.44 bits per heavy atom. The van der Waals surface area contributed by atoms with Gasteiger partial charge in [-0.2, -0.15) is 5.26 Å². The molecule has 4 aromatic carbocycles. The summed E-state index contributed by atoms with van der Waals surface area (Å²) in [6.07, 6.45) is 1.58. The number of fused-ring (bicyclic) bond motifs is 1. The summed E-state index contributed by atoms with van der Waals surface area (Å²) >= 11 is 3.44. The lowest BCUT2D eigenvalue weighted by Gasteiger charge is -2.13. The Morgan fingerprint density at radius 1 is 1.00 bits per heavy atom. The second-order valence-corrected chi connectivity index (χ2v) is 8.38. The smallest absolute Gasteiger partial charge is 0.266 e. The van der Waals surface area contributed by atoms with Gasteiger partial charge in [0.1, 0.15) is 29.7 Å². The Bertz CT molecular complexity index is 1390. The molecule has 0 unspecified atom stereocenters. The summed E-state index contributed by atoms with van der Waals surface area (Å²) in [7, 11) is 1.57. The van der Waals surface area contributed by atoms with Gasteiger partial charge in [-0.05, 0) is 64.9 Å². The van der Waals surface area contributed by atoms with Crippen LogP contribution in [-0.2, 0) is 11.4 Å². The number of anilines is 1. The van der Waals surface area contributed by atoms with Gasteiger partial charge in [0.2, 0.25) is 0 Å². The predicted molar refractivity (Wildman–Crippen MR) is 138 cm³/mol. The largest absolute Gasteiger partial charge is 0.497 e. The fraction of sp³-hybridized carbons (Fsp3) is 0.0714. The Balaban J connectivity index is 1.66. The average Bonchev–Trinajstić information content (AvgIpc) is 2.87. The van der Waals surface area contributed by atoms with Gasteiger partial charge in [0.25, 0.3) is 5.91 Å². The van der Waals surface area contributed by atoms with E-state index in [9.17, 15) is 10.1 Å². The van der Waals surface area contributed by atoms with Crippen LogP contribution in [0.1, 0.15) is 11.1 Å². The number of methoxy groups -OCH3 is 1. The van der Waals surface area contributed by atoms with E-state index in [0.29, 0.717) is 29.4 Å². The van der Waals surface area contributed by atoms with Gasteiger partial charge in [0, 0.05) is 15.7 Å². The number of halogens is 1. The summed E-state index contributed by atoms with van der Waals surface area (Å²) < 4.78 is 12.3. The quantitative estimate of drug-likeness (QED) is 0.220. The second-order valence-electron chi connectivity index (χ2n) is 7.47. The van der Waals surface area contributed by atoms with Crippen molar-refractivity contribution in [1.29, 1.82) is 5.26 Å². The number of hydrogen-bond donors (Lipinski definition) is 1. The molecule has 1 N–H and O–H groups in total.